The number of amides is 1. The quantitative estimate of drug-likeness (QED) is 0.866. The average Bonchev–Trinajstić information content (AvgIpc) is 2.88. The van der Waals surface area contributed by atoms with Gasteiger partial charge in [-0.3, -0.25) is 9.78 Å². The normalized spacial score (nSPS) is 11.0. The number of nitrogens with one attached hydrogen (secondary N) is 1. The third-order valence-electron chi connectivity index (χ3n) is 2.56. The number of nitrogens with two attached hydrogens (primary N) is 1. The number of halogens is 2. The van der Waals surface area contributed by atoms with Crippen molar-refractivity contribution in [3.63, 3.8) is 0 Å². The first-order valence-corrected chi connectivity index (χ1v) is 6.91. The van der Waals surface area contributed by atoms with Crippen LogP contribution in [0, 0.1) is 0 Å². The van der Waals surface area contributed by atoms with Gasteiger partial charge in [-0.2, -0.15) is 0 Å². The number of thiazole rings is 1. The molecule has 2 rings (SSSR count). The second-order valence-corrected chi connectivity index (χ2v) is 5.12. The molecule has 2 heterocycles. The number of pyridine rings is 1. The molecule has 8 heteroatoms. The number of aromatic nitrogens is 2. The highest BCUT2D eigenvalue weighted by Crippen LogP contribution is 2.22. The summed E-state index contributed by atoms with van der Waals surface area (Å²) in [5.41, 5.74) is 7.19. The van der Waals surface area contributed by atoms with E-state index in [-0.39, 0.29) is 43.2 Å². The Morgan fingerprint density at radius 3 is 2.86 bits per heavy atom. The van der Waals surface area contributed by atoms with E-state index in [0.717, 1.165) is 16.3 Å². The molecule has 0 fully saturated rings. The number of carbonyl (C=O) groups excluding carboxylic acids is 1. The number of rotatable bonds is 5. The highest BCUT2D eigenvalue weighted by Gasteiger charge is 2.10. The van der Waals surface area contributed by atoms with Gasteiger partial charge in [0.05, 0.1) is 12.1 Å². The van der Waals surface area contributed by atoms with Crippen LogP contribution in [0.5, 0.6) is 0 Å². The Balaban J connectivity index is 0.00000200. The third kappa shape index (κ3) is 5.97. The van der Waals surface area contributed by atoms with Crippen LogP contribution in [0.15, 0.2) is 29.9 Å². The number of hydrogen-bond donors (Lipinski definition) is 2. The van der Waals surface area contributed by atoms with E-state index in [2.05, 4.69) is 15.3 Å². The molecule has 0 aliphatic carbocycles. The first kappa shape index (κ1) is 19.8. The van der Waals surface area contributed by atoms with Crippen LogP contribution < -0.4 is 11.1 Å². The second-order valence-electron chi connectivity index (χ2n) is 4.27. The van der Waals surface area contributed by atoms with Crippen molar-refractivity contribution in [2.24, 2.45) is 5.73 Å². The van der Waals surface area contributed by atoms with Gasteiger partial charge in [-0.15, -0.1) is 36.2 Å². The molecule has 0 bridgehead atoms. The fourth-order valence-electron chi connectivity index (χ4n) is 1.56. The van der Waals surface area contributed by atoms with E-state index in [0.29, 0.717) is 6.54 Å². The maximum atomic E-state index is 11.7. The van der Waals surface area contributed by atoms with Gasteiger partial charge >= 0.3 is 0 Å². The van der Waals surface area contributed by atoms with Gasteiger partial charge in [-0.05, 0) is 19.1 Å². The molecule has 2 aromatic rings. The molecule has 0 spiro atoms. The SMILES string of the molecule is C[C@@H](CN)NC(=O)Cc1csc(-c2cccnc2)n1.Cl.Cl. The molecule has 21 heavy (non-hydrogen) atoms. The summed E-state index contributed by atoms with van der Waals surface area (Å²) in [5.74, 6) is -0.0546. The third-order valence-corrected chi connectivity index (χ3v) is 3.50. The Hall–Kier alpha value is -1.21. The fraction of sp³-hybridized carbons (Fsp3) is 0.308. The molecule has 0 radical (unpaired) electrons. The van der Waals surface area contributed by atoms with E-state index in [9.17, 15) is 4.79 Å². The minimum atomic E-state index is -0.0546. The predicted molar refractivity (Wildman–Crippen MR) is 90.2 cm³/mol. The zero-order valence-corrected chi connectivity index (χ0v) is 13.9. The standard InChI is InChI=1S/C13H16N4OS.2ClH/c1-9(6-14)16-12(18)5-11-8-19-13(17-11)10-3-2-4-15-7-10;;/h2-4,7-9H,5-6,14H2,1H3,(H,16,18);2*1H/t9-;;/m0../s1. The summed E-state index contributed by atoms with van der Waals surface area (Å²) in [6, 6.07) is 3.81. The van der Waals surface area contributed by atoms with Crippen LogP contribution in [0.4, 0.5) is 0 Å². The molecule has 1 amide bonds. The minimum Gasteiger partial charge on any atom is -0.352 e. The van der Waals surface area contributed by atoms with E-state index in [1.165, 1.54) is 11.3 Å². The lowest BCUT2D eigenvalue weighted by atomic mass is 10.2. The molecule has 3 N–H and O–H groups in total. The van der Waals surface area contributed by atoms with E-state index < -0.39 is 0 Å². The summed E-state index contributed by atoms with van der Waals surface area (Å²) in [5, 5.41) is 5.59. The van der Waals surface area contributed by atoms with Crippen molar-refractivity contribution in [1.82, 2.24) is 15.3 Å². The summed E-state index contributed by atoms with van der Waals surface area (Å²) >= 11 is 1.51. The van der Waals surface area contributed by atoms with Gasteiger partial charge in [0, 0.05) is 35.9 Å². The number of carbonyl (C=O) groups is 1. The number of nitrogens with zero attached hydrogens (tertiary/aromatic N) is 2. The highest BCUT2D eigenvalue weighted by molar-refractivity contribution is 7.13. The molecule has 0 saturated carbocycles. The number of hydrogen-bond acceptors (Lipinski definition) is 5. The molecule has 5 nitrogen and oxygen atoms in total. The first-order chi connectivity index (χ1) is 9.19. The summed E-state index contributed by atoms with van der Waals surface area (Å²) in [6.45, 7) is 2.31. The molecule has 116 valence electrons. The van der Waals surface area contributed by atoms with Crippen LogP contribution in [0.3, 0.4) is 0 Å². The molecule has 0 unspecified atom stereocenters. The smallest absolute Gasteiger partial charge is 0.226 e. The Kier molecular flexibility index (Phi) is 9.12. The monoisotopic (exact) mass is 348 g/mol. The average molecular weight is 349 g/mol. The Morgan fingerprint density at radius 2 is 2.24 bits per heavy atom. The Bertz CT molecular complexity index is 550. The van der Waals surface area contributed by atoms with Crippen LogP contribution in [-0.2, 0) is 11.2 Å². The van der Waals surface area contributed by atoms with Crippen LogP contribution in [0.25, 0.3) is 10.6 Å². The zero-order chi connectivity index (χ0) is 13.7. The Labute approximate surface area is 140 Å². The van der Waals surface area contributed by atoms with Gasteiger partial charge in [0.1, 0.15) is 5.01 Å². The maximum Gasteiger partial charge on any atom is 0.226 e. The van der Waals surface area contributed by atoms with E-state index in [1.807, 2.05) is 24.4 Å². The second kappa shape index (κ2) is 9.68. The van der Waals surface area contributed by atoms with E-state index in [4.69, 9.17) is 5.73 Å². The molecule has 0 saturated heterocycles. The van der Waals surface area contributed by atoms with Crippen molar-refractivity contribution in [3.05, 3.63) is 35.6 Å². The summed E-state index contributed by atoms with van der Waals surface area (Å²) in [4.78, 5) is 20.2. The molecule has 0 aliphatic rings. The van der Waals surface area contributed by atoms with E-state index in [1.54, 1.807) is 12.4 Å². The molecule has 2 aromatic heterocycles. The van der Waals surface area contributed by atoms with Gasteiger partial charge in [0.2, 0.25) is 5.91 Å². The highest BCUT2D eigenvalue weighted by atomic mass is 35.5. The van der Waals surface area contributed by atoms with Crippen molar-refractivity contribution in [3.8, 4) is 10.6 Å². The summed E-state index contributed by atoms with van der Waals surface area (Å²) in [7, 11) is 0. The van der Waals surface area contributed by atoms with Crippen molar-refractivity contribution < 1.29 is 4.79 Å². The minimum absolute atomic E-state index is 0. The lowest BCUT2D eigenvalue weighted by Gasteiger charge is -2.09. The van der Waals surface area contributed by atoms with Gasteiger partial charge < -0.3 is 11.1 Å². The molecule has 0 aliphatic heterocycles. The summed E-state index contributed by atoms with van der Waals surface area (Å²) < 4.78 is 0. The maximum absolute atomic E-state index is 11.7. The molecule has 1 atom stereocenters. The fourth-order valence-corrected chi connectivity index (χ4v) is 2.37. The molecular weight excluding hydrogens is 331 g/mol. The van der Waals surface area contributed by atoms with Crippen molar-refractivity contribution in [2.75, 3.05) is 6.54 Å². The molecule has 0 aromatic carbocycles. The van der Waals surface area contributed by atoms with Crippen molar-refractivity contribution in [2.45, 2.75) is 19.4 Å². The lowest BCUT2D eigenvalue weighted by molar-refractivity contribution is -0.121. The lowest BCUT2D eigenvalue weighted by Crippen LogP contribution is -2.38. The predicted octanol–water partition coefficient (Wildman–Crippen LogP) is 2.05. The Morgan fingerprint density at radius 1 is 1.48 bits per heavy atom. The largest absolute Gasteiger partial charge is 0.352 e. The van der Waals surface area contributed by atoms with Gasteiger partial charge in [0.25, 0.3) is 0 Å². The first-order valence-electron chi connectivity index (χ1n) is 6.03. The van der Waals surface area contributed by atoms with Crippen molar-refractivity contribution >= 4 is 42.1 Å². The topological polar surface area (TPSA) is 80.9 Å². The van der Waals surface area contributed by atoms with Crippen LogP contribution in [0.2, 0.25) is 0 Å². The van der Waals surface area contributed by atoms with E-state index >= 15 is 0 Å². The van der Waals surface area contributed by atoms with Crippen molar-refractivity contribution in [1.29, 1.82) is 0 Å². The summed E-state index contributed by atoms with van der Waals surface area (Å²) in [6.07, 6.45) is 3.76. The zero-order valence-electron chi connectivity index (χ0n) is 11.5. The van der Waals surface area contributed by atoms with Crippen LogP contribution in [-0.4, -0.2) is 28.5 Å². The van der Waals surface area contributed by atoms with Gasteiger partial charge in [-0.25, -0.2) is 4.98 Å². The van der Waals surface area contributed by atoms with Gasteiger partial charge in [0.15, 0.2) is 0 Å². The van der Waals surface area contributed by atoms with Crippen LogP contribution >= 0.6 is 36.2 Å². The van der Waals surface area contributed by atoms with Gasteiger partial charge in [-0.1, -0.05) is 0 Å². The molecular formula is C13H18Cl2N4OS. The van der Waals surface area contributed by atoms with Crippen LogP contribution in [0.1, 0.15) is 12.6 Å².